The molecular weight excluding hydrogens is 300 g/mol. The minimum absolute atomic E-state index is 0.591. The molecule has 0 spiro atoms. The second-order valence-electron chi connectivity index (χ2n) is 6.91. The van der Waals surface area contributed by atoms with Gasteiger partial charge in [-0.1, -0.05) is 6.07 Å². The van der Waals surface area contributed by atoms with E-state index in [1.165, 1.54) is 12.8 Å². The van der Waals surface area contributed by atoms with Crippen LogP contribution in [0.3, 0.4) is 0 Å². The molecular formula is C19H24N4O. The summed E-state index contributed by atoms with van der Waals surface area (Å²) < 4.78 is 5.87. The zero-order valence-corrected chi connectivity index (χ0v) is 14.2. The third-order valence-electron chi connectivity index (χ3n) is 4.87. The van der Waals surface area contributed by atoms with Gasteiger partial charge >= 0.3 is 0 Å². The van der Waals surface area contributed by atoms with Gasteiger partial charge in [0, 0.05) is 37.0 Å². The van der Waals surface area contributed by atoms with Crippen molar-refractivity contribution in [2.45, 2.75) is 38.5 Å². The largest absolute Gasteiger partial charge is 0.477 e. The summed E-state index contributed by atoms with van der Waals surface area (Å²) in [4.78, 5) is 16.0. The zero-order valence-electron chi connectivity index (χ0n) is 14.2. The molecule has 2 aliphatic rings. The molecule has 1 saturated heterocycles. The van der Waals surface area contributed by atoms with E-state index in [2.05, 4.69) is 14.9 Å². The van der Waals surface area contributed by atoms with Gasteiger partial charge in [-0.15, -0.1) is 0 Å². The molecule has 24 heavy (non-hydrogen) atoms. The topological polar surface area (TPSA) is 51.1 Å². The number of nitrogens with zero attached hydrogens (tertiary/aromatic N) is 4. The van der Waals surface area contributed by atoms with Gasteiger partial charge in [-0.3, -0.25) is 0 Å². The van der Waals surface area contributed by atoms with Crippen molar-refractivity contribution in [3.8, 4) is 5.88 Å². The van der Waals surface area contributed by atoms with Crippen molar-refractivity contribution in [2.24, 2.45) is 5.92 Å². The molecule has 5 heteroatoms. The monoisotopic (exact) mass is 324 g/mol. The van der Waals surface area contributed by atoms with E-state index >= 15 is 0 Å². The predicted molar refractivity (Wildman–Crippen MR) is 93.4 cm³/mol. The van der Waals surface area contributed by atoms with Gasteiger partial charge in [0.15, 0.2) is 0 Å². The Morgan fingerprint density at radius 2 is 1.92 bits per heavy atom. The number of hydrogen-bond acceptors (Lipinski definition) is 5. The van der Waals surface area contributed by atoms with E-state index in [1.54, 1.807) is 0 Å². The van der Waals surface area contributed by atoms with Crippen molar-refractivity contribution >= 4 is 5.82 Å². The number of ether oxygens (including phenoxy) is 1. The van der Waals surface area contributed by atoms with E-state index in [4.69, 9.17) is 9.72 Å². The standard InChI is InChI=1S/C19H24N4O/c1-14-3-2-4-18(21-14)24-13-15-8-11-23(12-9-15)17-7-10-20-19(22-17)16-5-6-16/h2-4,7,10,15-16H,5-6,8-9,11-13H2,1H3. The molecule has 0 radical (unpaired) electrons. The van der Waals surface area contributed by atoms with E-state index in [0.29, 0.717) is 11.8 Å². The highest BCUT2D eigenvalue weighted by molar-refractivity contribution is 5.38. The number of piperidine rings is 1. The molecule has 2 aromatic rings. The highest BCUT2D eigenvalue weighted by Gasteiger charge is 2.27. The first-order valence-corrected chi connectivity index (χ1v) is 8.92. The Hall–Kier alpha value is -2.17. The quantitative estimate of drug-likeness (QED) is 0.844. The van der Waals surface area contributed by atoms with Crippen LogP contribution in [0.5, 0.6) is 5.88 Å². The lowest BCUT2D eigenvalue weighted by Crippen LogP contribution is -2.36. The van der Waals surface area contributed by atoms with Crippen molar-refractivity contribution < 1.29 is 4.74 Å². The average molecular weight is 324 g/mol. The van der Waals surface area contributed by atoms with Crippen molar-refractivity contribution in [3.05, 3.63) is 42.0 Å². The van der Waals surface area contributed by atoms with Gasteiger partial charge in [-0.2, -0.15) is 0 Å². The Morgan fingerprint density at radius 1 is 1.08 bits per heavy atom. The molecule has 0 N–H and O–H groups in total. The second-order valence-corrected chi connectivity index (χ2v) is 6.91. The van der Waals surface area contributed by atoms with Gasteiger partial charge in [0.1, 0.15) is 11.6 Å². The van der Waals surface area contributed by atoms with Crippen molar-refractivity contribution in [1.29, 1.82) is 0 Å². The third kappa shape index (κ3) is 3.66. The first kappa shape index (κ1) is 15.4. The molecule has 3 heterocycles. The van der Waals surface area contributed by atoms with E-state index in [0.717, 1.165) is 55.8 Å². The summed E-state index contributed by atoms with van der Waals surface area (Å²) >= 11 is 0. The summed E-state index contributed by atoms with van der Waals surface area (Å²) in [6, 6.07) is 7.96. The van der Waals surface area contributed by atoms with Crippen LogP contribution in [0.2, 0.25) is 0 Å². The maximum absolute atomic E-state index is 5.87. The lowest BCUT2D eigenvalue weighted by atomic mass is 9.98. The molecule has 0 atom stereocenters. The molecule has 5 nitrogen and oxygen atoms in total. The first-order chi connectivity index (χ1) is 11.8. The molecule has 0 unspecified atom stereocenters. The van der Waals surface area contributed by atoms with Crippen LogP contribution >= 0.6 is 0 Å². The fourth-order valence-electron chi connectivity index (χ4n) is 3.21. The number of anilines is 1. The summed E-state index contributed by atoms with van der Waals surface area (Å²) in [6.45, 7) is 4.82. The highest BCUT2D eigenvalue weighted by atomic mass is 16.5. The highest BCUT2D eigenvalue weighted by Crippen LogP contribution is 2.38. The van der Waals surface area contributed by atoms with Gasteiger partial charge in [-0.05, 0) is 50.7 Å². The molecule has 4 rings (SSSR count). The van der Waals surface area contributed by atoms with Crippen molar-refractivity contribution in [1.82, 2.24) is 15.0 Å². The van der Waals surface area contributed by atoms with Crippen molar-refractivity contribution in [2.75, 3.05) is 24.6 Å². The molecule has 0 bridgehead atoms. The maximum atomic E-state index is 5.87. The van der Waals surface area contributed by atoms with Crippen LogP contribution in [0.25, 0.3) is 0 Å². The lowest BCUT2D eigenvalue weighted by Gasteiger charge is -2.32. The van der Waals surface area contributed by atoms with Gasteiger partial charge in [0.05, 0.1) is 6.61 Å². The Morgan fingerprint density at radius 3 is 2.67 bits per heavy atom. The van der Waals surface area contributed by atoms with Crippen LogP contribution in [-0.4, -0.2) is 34.6 Å². The normalized spacial score (nSPS) is 18.6. The number of pyridine rings is 1. The van der Waals surface area contributed by atoms with Crippen LogP contribution in [0.1, 0.15) is 43.1 Å². The van der Waals surface area contributed by atoms with Crippen molar-refractivity contribution in [3.63, 3.8) is 0 Å². The summed E-state index contributed by atoms with van der Waals surface area (Å²) in [7, 11) is 0. The molecule has 1 aliphatic carbocycles. The van der Waals surface area contributed by atoms with Crippen LogP contribution in [0, 0.1) is 12.8 Å². The lowest BCUT2D eigenvalue weighted by molar-refractivity contribution is 0.215. The molecule has 2 fully saturated rings. The van der Waals surface area contributed by atoms with Crippen LogP contribution in [0.15, 0.2) is 30.5 Å². The van der Waals surface area contributed by atoms with Gasteiger partial charge in [-0.25, -0.2) is 15.0 Å². The smallest absolute Gasteiger partial charge is 0.213 e. The summed E-state index contributed by atoms with van der Waals surface area (Å²) in [5.41, 5.74) is 0.998. The maximum Gasteiger partial charge on any atom is 0.213 e. The fourth-order valence-corrected chi connectivity index (χ4v) is 3.21. The zero-order chi connectivity index (χ0) is 16.4. The van der Waals surface area contributed by atoms with Crippen LogP contribution < -0.4 is 9.64 Å². The fraction of sp³-hybridized carbons (Fsp3) is 0.526. The second kappa shape index (κ2) is 6.75. The Kier molecular flexibility index (Phi) is 4.32. The van der Waals surface area contributed by atoms with E-state index in [-0.39, 0.29) is 0 Å². The summed E-state index contributed by atoms with van der Waals surface area (Å²) in [5, 5.41) is 0. The Bertz CT molecular complexity index is 693. The molecule has 0 aromatic carbocycles. The Labute approximate surface area is 143 Å². The number of aromatic nitrogens is 3. The van der Waals surface area contributed by atoms with Gasteiger partial charge < -0.3 is 9.64 Å². The van der Waals surface area contributed by atoms with Crippen LogP contribution in [-0.2, 0) is 0 Å². The SMILES string of the molecule is Cc1cccc(OCC2CCN(c3ccnc(C4CC4)n3)CC2)n1. The minimum Gasteiger partial charge on any atom is -0.477 e. The molecule has 1 saturated carbocycles. The summed E-state index contributed by atoms with van der Waals surface area (Å²) in [6.07, 6.45) is 6.67. The van der Waals surface area contributed by atoms with E-state index in [9.17, 15) is 0 Å². The van der Waals surface area contributed by atoms with Gasteiger partial charge in [0.25, 0.3) is 0 Å². The first-order valence-electron chi connectivity index (χ1n) is 8.92. The number of rotatable bonds is 5. The third-order valence-corrected chi connectivity index (χ3v) is 4.87. The van der Waals surface area contributed by atoms with Crippen LogP contribution in [0.4, 0.5) is 5.82 Å². The molecule has 2 aromatic heterocycles. The Balaban J connectivity index is 1.29. The average Bonchev–Trinajstić information content (AvgIpc) is 3.46. The number of hydrogen-bond donors (Lipinski definition) is 0. The van der Waals surface area contributed by atoms with Gasteiger partial charge in [0.2, 0.25) is 5.88 Å². The van der Waals surface area contributed by atoms with E-state index < -0.39 is 0 Å². The van der Waals surface area contributed by atoms with E-state index in [1.807, 2.05) is 37.4 Å². The predicted octanol–water partition coefficient (Wildman–Crippen LogP) is 3.35. The molecule has 1 aliphatic heterocycles. The minimum atomic E-state index is 0.591. The molecule has 126 valence electrons. The number of aryl methyl sites for hydroxylation is 1. The summed E-state index contributed by atoms with van der Waals surface area (Å²) in [5.74, 6) is 4.06. The molecule has 0 amide bonds.